The van der Waals surface area contributed by atoms with E-state index in [-0.39, 0.29) is 5.91 Å². The molecule has 2 rings (SSSR count). The first-order valence-electron chi connectivity index (χ1n) is 6.71. The lowest BCUT2D eigenvalue weighted by atomic mass is 10.1. The molecule has 2 N–H and O–H groups in total. The van der Waals surface area contributed by atoms with Gasteiger partial charge in [0.1, 0.15) is 5.75 Å². The zero-order valence-electron chi connectivity index (χ0n) is 11.3. The Balaban J connectivity index is 2.02. The van der Waals surface area contributed by atoms with Crippen LogP contribution in [0, 0.1) is 0 Å². The molecule has 0 saturated carbocycles. The molecular weight excluding hydrogens is 388 g/mol. The highest BCUT2D eigenvalue weighted by atomic mass is 79.9. The Morgan fingerprint density at radius 1 is 1.45 bits per heavy atom. The fourth-order valence-corrected chi connectivity index (χ4v) is 3.64. The zero-order valence-corrected chi connectivity index (χ0v) is 14.5. The van der Waals surface area contributed by atoms with Crippen molar-refractivity contribution in [3.8, 4) is 5.75 Å². The summed E-state index contributed by atoms with van der Waals surface area (Å²) in [5.74, 6) is 1.02. The Bertz CT molecular complexity index is 484. The maximum atomic E-state index is 11.1. The molecule has 6 heteroatoms. The first-order valence-corrected chi connectivity index (χ1v) is 8.29. The summed E-state index contributed by atoms with van der Waals surface area (Å²) in [6, 6.07) is 4.36. The van der Waals surface area contributed by atoms with Crippen molar-refractivity contribution in [1.29, 1.82) is 0 Å². The zero-order chi connectivity index (χ0) is 14.5. The molecule has 1 aliphatic heterocycles. The van der Waals surface area contributed by atoms with Crippen molar-refractivity contribution in [3.63, 3.8) is 0 Å². The summed E-state index contributed by atoms with van der Waals surface area (Å²) in [5, 5.41) is 6.35. The third-order valence-corrected chi connectivity index (χ3v) is 4.27. The molecule has 1 unspecified atom stereocenters. The van der Waals surface area contributed by atoms with Crippen molar-refractivity contribution in [1.82, 2.24) is 10.6 Å². The number of nitrogens with one attached hydrogen (secondary N) is 2. The van der Waals surface area contributed by atoms with Crippen LogP contribution in [0.15, 0.2) is 21.1 Å². The lowest BCUT2D eigenvalue weighted by Crippen LogP contribution is -2.45. The van der Waals surface area contributed by atoms with Crippen molar-refractivity contribution in [3.05, 3.63) is 26.6 Å². The number of piperidine rings is 1. The Kier molecular flexibility index (Phi) is 5.86. The molecule has 1 aromatic rings. The van der Waals surface area contributed by atoms with E-state index in [1.165, 1.54) is 0 Å². The minimum atomic E-state index is 0.142. The van der Waals surface area contributed by atoms with Gasteiger partial charge in [0.15, 0.2) is 0 Å². The number of hydrogen-bond donors (Lipinski definition) is 2. The third kappa shape index (κ3) is 4.20. The number of hydrogen-bond acceptors (Lipinski definition) is 3. The van der Waals surface area contributed by atoms with Crippen molar-refractivity contribution < 1.29 is 9.53 Å². The molecule has 1 amide bonds. The van der Waals surface area contributed by atoms with Crippen LogP contribution in [0.25, 0.3) is 0 Å². The molecule has 0 radical (unpaired) electrons. The second kappa shape index (κ2) is 7.43. The second-order valence-corrected chi connectivity index (χ2v) is 6.50. The van der Waals surface area contributed by atoms with Crippen LogP contribution in [-0.2, 0) is 11.3 Å². The summed E-state index contributed by atoms with van der Waals surface area (Å²) in [6.45, 7) is 4.01. The van der Waals surface area contributed by atoms with Crippen LogP contribution in [0.1, 0.15) is 25.3 Å². The lowest BCUT2D eigenvalue weighted by molar-refractivity contribution is -0.122. The molecule has 0 spiro atoms. The highest BCUT2D eigenvalue weighted by Gasteiger charge is 2.18. The van der Waals surface area contributed by atoms with E-state index in [4.69, 9.17) is 4.74 Å². The topological polar surface area (TPSA) is 50.4 Å². The SMILES string of the molecule is CCOc1c(Br)cc(Br)cc1CNC1CCC(=O)NC1. The van der Waals surface area contributed by atoms with E-state index in [1.54, 1.807) is 0 Å². The van der Waals surface area contributed by atoms with Gasteiger partial charge < -0.3 is 15.4 Å². The van der Waals surface area contributed by atoms with Gasteiger partial charge in [-0.1, -0.05) is 15.9 Å². The predicted octanol–water partition coefficient (Wildman–Crippen LogP) is 2.98. The number of halogens is 2. The minimum Gasteiger partial charge on any atom is -0.492 e. The first-order chi connectivity index (χ1) is 9.60. The summed E-state index contributed by atoms with van der Waals surface area (Å²) in [6.07, 6.45) is 1.48. The highest BCUT2D eigenvalue weighted by molar-refractivity contribution is 9.11. The monoisotopic (exact) mass is 404 g/mol. The molecule has 1 fully saturated rings. The average Bonchev–Trinajstić information content (AvgIpc) is 2.41. The van der Waals surface area contributed by atoms with Crippen molar-refractivity contribution in [2.24, 2.45) is 0 Å². The van der Waals surface area contributed by atoms with Crippen LogP contribution < -0.4 is 15.4 Å². The first kappa shape index (κ1) is 15.8. The fourth-order valence-electron chi connectivity index (χ4n) is 2.21. The molecule has 1 aliphatic rings. The number of rotatable bonds is 5. The number of amides is 1. The molecule has 1 aromatic carbocycles. The van der Waals surface area contributed by atoms with Gasteiger partial charge in [-0.2, -0.15) is 0 Å². The van der Waals surface area contributed by atoms with Crippen LogP contribution in [0.4, 0.5) is 0 Å². The van der Waals surface area contributed by atoms with E-state index in [2.05, 4.69) is 48.6 Å². The van der Waals surface area contributed by atoms with E-state index < -0.39 is 0 Å². The maximum Gasteiger partial charge on any atom is 0.220 e. The van der Waals surface area contributed by atoms with E-state index >= 15 is 0 Å². The number of carbonyl (C=O) groups excluding carboxylic acids is 1. The normalized spacial score (nSPS) is 18.8. The van der Waals surface area contributed by atoms with Crippen LogP contribution in [0.2, 0.25) is 0 Å². The van der Waals surface area contributed by atoms with Gasteiger partial charge in [-0.25, -0.2) is 0 Å². The fraction of sp³-hybridized carbons (Fsp3) is 0.500. The lowest BCUT2D eigenvalue weighted by Gasteiger charge is -2.24. The summed E-state index contributed by atoms with van der Waals surface area (Å²) in [5.41, 5.74) is 1.10. The Labute approximate surface area is 135 Å². The van der Waals surface area contributed by atoms with E-state index in [9.17, 15) is 4.79 Å². The Hall–Kier alpha value is -0.590. The third-order valence-electron chi connectivity index (χ3n) is 3.22. The van der Waals surface area contributed by atoms with E-state index in [0.29, 0.717) is 32.2 Å². The molecule has 110 valence electrons. The van der Waals surface area contributed by atoms with Crippen LogP contribution in [0.3, 0.4) is 0 Å². The van der Waals surface area contributed by atoms with Gasteiger partial charge in [-0.15, -0.1) is 0 Å². The molecule has 4 nitrogen and oxygen atoms in total. The Morgan fingerprint density at radius 2 is 2.25 bits per heavy atom. The second-order valence-electron chi connectivity index (χ2n) is 4.73. The van der Waals surface area contributed by atoms with Crippen molar-refractivity contribution in [2.45, 2.75) is 32.4 Å². The van der Waals surface area contributed by atoms with Gasteiger partial charge in [0, 0.05) is 35.6 Å². The summed E-state index contributed by atoms with van der Waals surface area (Å²) in [4.78, 5) is 11.1. The number of ether oxygens (including phenoxy) is 1. The summed E-state index contributed by atoms with van der Waals surface area (Å²) in [7, 11) is 0. The molecular formula is C14H18Br2N2O2. The molecule has 1 heterocycles. The largest absolute Gasteiger partial charge is 0.492 e. The maximum absolute atomic E-state index is 11.1. The Morgan fingerprint density at radius 3 is 2.90 bits per heavy atom. The van der Waals surface area contributed by atoms with E-state index in [1.807, 2.05) is 13.0 Å². The van der Waals surface area contributed by atoms with Gasteiger partial charge in [-0.05, 0) is 41.4 Å². The number of benzene rings is 1. The number of carbonyl (C=O) groups is 1. The minimum absolute atomic E-state index is 0.142. The van der Waals surface area contributed by atoms with Gasteiger partial charge in [0.25, 0.3) is 0 Å². The average molecular weight is 406 g/mol. The predicted molar refractivity (Wildman–Crippen MR) is 85.9 cm³/mol. The summed E-state index contributed by atoms with van der Waals surface area (Å²) < 4.78 is 7.66. The molecule has 1 saturated heterocycles. The molecule has 0 aliphatic carbocycles. The van der Waals surface area contributed by atoms with Gasteiger partial charge >= 0.3 is 0 Å². The quantitative estimate of drug-likeness (QED) is 0.791. The molecule has 20 heavy (non-hydrogen) atoms. The van der Waals surface area contributed by atoms with E-state index in [0.717, 1.165) is 26.7 Å². The standard InChI is InChI=1S/C14H18Br2N2O2/c1-2-20-14-9(5-10(15)6-12(14)16)7-17-11-3-4-13(19)18-8-11/h5-6,11,17H,2-4,7-8H2,1H3,(H,18,19). The van der Waals surface area contributed by atoms with Crippen LogP contribution in [0.5, 0.6) is 5.75 Å². The summed E-state index contributed by atoms with van der Waals surface area (Å²) >= 11 is 7.03. The van der Waals surface area contributed by atoms with Crippen molar-refractivity contribution in [2.75, 3.05) is 13.2 Å². The van der Waals surface area contributed by atoms with Crippen LogP contribution >= 0.6 is 31.9 Å². The molecule has 1 atom stereocenters. The van der Waals surface area contributed by atoms with Gasteiger partial charge in [0.05, 0.1) is 11.1 Å². The van der Waals surface area contributed by atoms with Crippen molar-refractivity contribution >= 4 is 37.8 Å². The van der Waals surface area contributed by atoms with Crippen LogP contribution in [-0.4, -0.2) is 25.1 Å². The highest BCUT2D eigenvalue weighted by Crippen LogP contribution is 2.33. The smallest absolute Gasteiger partial charge is 0.220 e. The molecule has 0 bridgehead atoms. The van der Waals surface area contributed by atoms with Gasteiger partial charge in [-0.3, -0.25) is 4.79 Å². The van der Waals surface area contributed by atoms with Gasteiger partial charge in [0.2, 0.25) is 5.91 Å². The molecule has 0 aromatic heterocycles.